The number of aryl methyl sites for hydroxylation is 1. The molecule has 0 saturated carbocycles. The molecule has 0 spiro atoms. The number of aromatic amines is 1. The highest BCUT2D eigenvalue weighted by atomic mass is 16.1. The molecular weight excluding hydrogens is 216 g/mol. The van der Waals surface area contributed by atoms with Gasteiger partial charge in [0.05, 0.1) is 12.1 Å². The number of hydrogen-bond donors (Lipinski definition) is 3. The number of carbonyl (C=O) groups excluding carboxylic acids is 1. The molecule has 1 aromatic carbocycles. The first-order valence-electron chi connectivity index (χ1n) is 5.30. The number of carbonyl (C=O) groups is 1. The maximum absolute atomic E-state index is 11.9. The molecule has 88 valence electrons. The number of H-pyrrole nitrogens is 1. The van der Waals surface area contributed by atoms with E-state index in [-0.39, 0.29) is 5.91 Å². The first-order chi connectivity index (χ1) is 8.18. The molecule has 0 unspecified atom stereocenters. The van der Waals surface area contributed by atoms with Crippen molar-refractivity contribution in [1.82, 2.24) is 15.3 Å². The topological polar surface area (TPSA) is 83.8 Å². The Balaban J connectivity index is 2.10. The van der Waals surface area contributed by atoms with Crippen LogP contribution in [0.4, 0.5) is 5.69 Å². The molecule has 2 aromatic rings. The molecule has 5 nitrogen and oxygen atoms in total. The average Bonchev–Trinajstić information content (AvgIpc) is 2.79. The SMILES string of the molecule is Cc1cccc(N)c1C(=O)NCc1ncc[nH]1. The van der Waals surface area contributed by atoms with Crippen LogP contribution in [0.15, 0.2) is 30.6 Å². The van der Waals surface area contributed by atoms with Gasteiger partial charge in [-0.05, 0) is 18.6 Å². The van der Waals surface area contributed by atoms with Gasteiger partial charge in [-0.1, -0.05) is 12.1 Å². The Bertz CT molecular complexity index is 499. The van der Waals surface area contributed by atoms with Crippen molar-refractivity contribution < 1.29 is 4.79 Å². The highest BCUT2D eigenvalue weighted by Crippen LogP contribution is 2.15. The standard InChI is InChI=1S/C12H14N4O/c1-8-3-2-4-9(13)11(8)12(17)16-7-10-14-5-6-15-10/h2-6H,7,13H2,1H3,(H,14,15)(H,16,17). The highest BCUT2D eigenvalue weighted by Gasteiger charge is 2.12. The summed E-state index contributed by atoms with van der Waals surface area (Å²) in [6, 6.07) is 5.40. The van der Waals surface area contributed by atoms with Crippen LogP contribution in [0, 0.1) is 6.92 Å². The van der Waals surface area contributed by atoms with E-state index in [0.29, 0.717) is 23.6 Å². The Labute approximate surface area is 99.1 Å². The number of aromatic nitrogens is 2. The van der Waals surface area contributed by atoms with Crippen LogP contribution in [0.2, 0.25) is 0 Å². The second kappa shape index (κ2) is 4.69. The van der Waals surface area contributed by atoms with Crippen LogP contribution in [-0.2, 0) is 6.54 Å². The minimum atomic E-state index is -0.183. The Morgan fingerprint density at radius 3 is 3.00 bits per heavy atom. The molecule has 17 heavy (non-hydrogen) atoms. The summed E-state index contributed by atoms with van der Waals surface area (Å²) >= 11 is 0. The van der Waals surface area contributed by atoms with E-state index in [4.69, 9.17) is 5.73 Å². The molecular formula is C12H14N4O. The van der Waals surface area contributed by atoms with Crippen molar-refractivity contribution in [3.8, 4) is 0 Å². The number of nitrogens with one attached hydrogen (secondary N) is 2. The normalized spacial score (nSPS) is 10.2. The summed E-state index contributed by atoms with van der Waals surface area (Å²) in [5.41, 5.74) is 7.66. The number of benzene rings is 1. The lowest BCUT2D eigenvalue weighted by molar-refractivity contribution is 0.0950. The zero-order valence-corrected chi connectivity index (χ0v) is 9.53. The number of nitrogens with zero attached hydrogens (tertiary/aromatic N) is 1. The molecule has 0 fully saturated rings. The summed E-state index contributed by atoms with van der Waals surface area (Å²) in [6.07, 6.45) is 3.35. The van der Waals surface area contributed by atoms with Gasteiger partial charge in [0.25, 0.3) is 5.91 Å². The fourth-order valence-electron chi connectivity index (χ4n) is 1.65. The maximum atomic E-state index is 11.9. The lowest BCUT2D eigenvalue weighted by atomic mass is 10.1. The molecule has 1 aromatic heterocycles. The highest BCUT2D eigenvalue weighted by molar-refractivity contribution is 6.00. The average molecular weight is 230 g/mol. The van der Waals surface area contributed by atoms with Crippen LogP contribution in [0.1, 0.15) is 21.7 Å². The van der Waals surface area contributed by atoms with E-state index >= 15 is 0 Å². The van der Waals surface area contributed by atoms with Crippen molar-refractivity contribution in [3.05, 3.63) is 47.5 Å². The van der Waals surface area contributed by atoms with Crippen molar-refractivity contribution in [3.63, 3.8) is 0 Å². The molecule has 5 heteroatoms. The fourth-order valence-corrected chi connectivity index (χ4v) is 1.65. The van der Waals surface area contributed by atoms with Gasteiger partial charge in [-0.3, -0.25) is 4.79 Å². The van der Waals surface area contributed by atoms with Gasteiger partial charge >= 0.3 is 0 Å². The second-order valence-corrected chi connectivity index (χ2v) is 3.76. The number of amides is 1. The molecule has 0 bridgehead atoms. The summed E-state index contributed by atoms with van der Waals surface area (Å²) in [7, 11) is 0. The third kappa shape index (κ3) is 2.44. The van der Waals surface area contributed by atoms with E-state index in [0.717, 1.165) is 5.56 Å². The molecule has 1 amide bonds. The predicted molar refractivity (Wildman–Crippen MR) is 65.3 cm³/mol. The lowest BCUT2D eigenvalue weighted by Crippen LogP contribution is -2.25. The van der Waals surface area contributed by atoms with Gasteiger partial charge in [0.1, 0.15) is 5.82 Å². The van der Waals surface area contributed by atoms with E-state index < -0.39 is 0 Å². The van der Waals surface area contributed by atoms with Crippen molar-refractivity contribution in [2.75, 3.05) is 5.73 Å². The number of anilines is 1. The minimum Gasteiger partial charge on any atom is -0.398 e. The van der Waals surface area contributed by atoms with Gasteiger partial charge in [0, 0.05) is 18.1 Å². The Kier molecular flexibility index (Phi) is 3.09. The number of nitrogen functional groups attached to an aromatic ring is 1. The van der Waals surface area contributed by atoms with Crippen LogP contribution >= 0.6 is 0 Å². The number of hydrogen-bond acceptors (Lipinski definition) is 3. The van der Waals surface area contributed by atoms with Gasteiger partial charge in [0.15, 0.2) is 0 Å². The summed E-state index contributed by atoms with van der Waals surface area (Å²) < 4.78 is 0. The van der Waals surface area contributed by atoms with E-state index in [2.05, 4.69) is 15.3 Å². The first-order valence-corrected chi connectivity index (χ1v) is 5.30. The van der Waals surface area contributed by atoms with Crippen LogP contribution in [0.25, 0.3) is 0 Å². The van der Waals surface area contributed by atoms with Gasteiger partial charge in [-0.2, -0.15) is 0 Å². The number of nitrogens with two attached hydrogens (primary N) is 1. The summed E-state index contributed by atoms with van der Waals surface area (Å²) in [5, 5.41) is 2.77. The van der Waals surface area contributed by atoms with Crippen LogP contribution in [0.5, 0.6) is 0 Å². The Morgan fingerprint density at radius 1 is 1.53 bits per heavy atom. The summed E-state index contributed by atoms with van der Waals surface area (Å²) in [4.78, 5) is 18.9. The van der Waals surface area contributed by atoms with Crippen LogP contribution < -0.4 is 11.1 Å². The monoisotopic (exact) mass is 230 g/mol. The molecule has 0 atom stereocenters. The summed E-state index contributed by atoms with van der Waals surface area (Å²) in [5.74, 6) is 0.530. The maximum Gasteiger partial charge on any atom is 0.254 e. The van der Waals surface area contributed by atoms with Gasteiger partial charge in [-0.15, -0.1) is 0 Å². The van der Waals surface area contributed by atoms with E-state index in [1.165, 1.54) is 0 Å². The zero-order chi connectivity index (χ0) is 12.3. The molecule has 4 N–H and O–H groups in total. The smallest absolute Gasteiger partial charge is 0.254 e. The van der Waals surface area contributed by atoms with Crippen LogP contribution in [-0.4, -0.2) is 15.9 Å². The second-order valence-electron chi connectivity index (χ2n) is 3.76. The van der Waals surface area contributed by atoms with Crippen molar-refractivity contribution in [2.24, 2.45) is 0 Å². The zero-order valence-electron chi connectivity index (χ0n) is 9.53. The Hall–Kier alpha value is -2.30. The van der Waals surface area contributed by atoms with Crippen molar-refractivity contribution in [2.45, 2.75) is 13.5 Å². The fraction of sp³-hybridized carbons (Fsp3) is 0.167. The molecule has 0 aliphatic rings. The van der Waals surface area contributed by atoms with Gasteiger partial charge in [0.2, 0.25) is 0 Å². The molecule has 1 heterocycles. The Morgan fingerprint density at radius 2 is 2.35 bits per heavy atom. The van der Waals surface area contributed by atoms with Crippen molar-refractivity contribution in [1.29, 1.82) is 0 Å². The molecule has 0 radical (unpaired) electrons. The van der Waals surface area contributed by atoms with Crippen LogP contribution in [0.3, 0.4) is 0 Å². The first kappa shape index (κ1) is 11.2. The quantitative estimate of drug-likeness (QED) is 0.693. The lowest BCUT2D eigenvalue weighted by Gasteiger charge is -2.09. The largest absolute Gasteiger partial charge is 0.398 e. The third-order valence-electron chi connectivity index (χ3n) is 2.50. The van der Waals surface area contributed by atoms with Gasteiger partial charge in [-0.25, -0.2) is 4.98 Å². The molecule has 0 aliphatic heterocycles. The number of rotatable bonds is 3. The third-order valence-corrected chi connectivity index (χ3v) is 2.50. The van der Waals surface area contributed by atoms with Gasteiger partial charge < -0.3 is 16.0 Å². The van der Waals surface area contributed by atoms with E-state index in [9.17, 15) is 4.79 Å². The van der Waals surface area contributed by atoms with E-state index in [1.807, 2.05) is 19.1 Å². The molecule has 0 saturated heterocycles. The number of imidazole rings is 1. The van der Waals surface area contributed by atoms with Crippen molar-refractivity contribution >= 4 is 11.6 Å². The molecule has 0 aliphatic carbocycles. The predicted octanol–water partition coefficient (Wildman–Crippen LogP) is 1.23. The minimum absolute atomic E-state index is 0.183. The molecule has 2 rings (SSSR count). The van der Waals surface area contributed by atoms with E-state index in [1.54, 1.807) is 18.5 Å². The summed E-state index contributed by atoms with van der Waals surface area (Å²) in [6.45, 7) is 2.22.